The Bertz CT molecular complexity index is 942. The summed E-state index contributed by atoms with van der Waals surface area (Å²) in [5, 5.41) is 2.85. The molecule has 2 aromatic carbocycles. The zero-order valence-corrected chi connectivity index (χ0v) is 18.5. The molecular weight excluding hydrogens is 386 g/mol. The van der Waals surface area contributed by atoms with Gasteiger partial charge in [-0.05, 0) is 50.2 Å². The SMILES string of the molecule is CCN(C)Cc1cccc(CNC(=O)CCNS(=O)(=O)c2ccc(C)cc2C)c1. The maximum absolute atomic E-state index is 12.4. The third-order valence-corrected chi connectivity index (χ3v) is 6.36. The van der Waals surface area contributed by atoms with Gasteiger partial charge in [-0.2, -0.15) is 0 Å². The number of nitrogens with zero attached hydrogens (tertiary/aromatic N) is 1. The minimum Gasteiger partial charge on any atom is -0.352 e. The molecule has 0 aliphatic rings. The Labute approximate surface area is 174 Å². The van der Waals surface area contributed by atoms with Crippen LogP contribution in [0.4, 0.5) is 0 Å². The van der Waals surface area contributed by atoms with Gasteiger partial charge in [0.25, 0.3) is 0 Å². The van der Waals surface area contributed by atoms with E-state index in [9.17, 15) is 13.2 Å². The Morgan fingerprint density at radius 2 is 1.79 bits per heavy atom. The second-order valence-electron chi connectivity index (χ2n) is 7.34. The second-order valence-corrected chi connectivity index (χ2v) is 9.08. The van der Waals surface area contributed by atoms with Crippen molar-refractivity contribution < 1.29 is 13.2 Å². The lowest BCUT2D eigenvalue weighted by atomic mass is 10.1. The van der Waals surface area contributed by atoms with Crippen molar-refractivity contribution in [1.82, 2.24) is 14.9 Å². The highest BCUT2D eigenvalue weighted by Crippen LogP contribution is 2.16. The number of hydrogen-bond acceptors (Lipinski definition) is 4. The smallest absolute Gasteiger partial charge is 0.240 e. The summed E-state index contributed by atoms with van der Waals surface area (Å²) >= 11 is 0. The van der Waals surface area contributed by atoms with Crippen LogP contribution in [0, 0.1) is 13.8 Å². The fourth-order valence-electron chi connectivity index (χ4n) is 3.03. The summed E-state index contributed by atoms with van der Waals surface area (Å²) in [5.41, 5.74) is 3.92. The Hall–Kier alpha value is -2.22. The van der Waals surface area contributed by atoms with E-state index in [2.05, 4.69) is 41.0 Å². The van der Waals surface area contributed by atoms with Gasteiger partial charge >= 0.3 is 0 Å². The van der Waals surface area contributed by atoms with Gasteiger partial charge in [0.15, 0.2) is 0 Å². The summed E-state index contributed by atoms with van der Waals surface area (Å²) in [6.45, 7) is 8.10. The molecule has 0 heterocycles. The lowest BCUT2D eigenvalue weighted by Gasteiger charge is -2.14. The number of carbonyl (C=O) groups excluding carboxylic acids is 1. The minimum atomic E-state index is -3.62. The van der Waals surface area contributed by atoms with Crippen molar-refractivity contribution in [2.75, 3.05) is 20.1 Å². The summed E-state index contributed by atoms with van der Waals surface area (Å²) in [6.07, 6.45) is 0.0857. The third kappa shape index (κ3) is 7.27. The van der Waals surface area contributed by atoms with Gasteiger partial charge in [-0.15, -0.1) is 0 Å². The number of aryl methyl sites for hydroxylation is 2. The van der Waals surface area contributed by atoms with Gasteiger partial charge in [0, 0.05) is 26.1 Å². The molecule has 1 amide bonds. The van der Waals surface area contributed by atoms with Gasteiger partial charge in [-0.25, -0.2) is 13.1 Å². The van der Waals surface area contributed by atoms with E-state index in [1.165, 1.54) is 5.56 Å². The molecule has 0 radical (unpaired) electrons. The summed E-state index contributed by atoms with van der Waals surface area (Å²) in [5.74, 6) is -0.190. The molecule has 0 fully saturated rings. The summed E-state index contributed by atoms with van der Waals surface area (Å²) < 4.78 is 27.4. The van der Waals surface area contributed by atoms with E-state index in [1.54, 1.807) is 19.1 Å². The molecule has 2 aromatic rings. The van der Waals surface area contributed by atoms with Crippen LogP contribution in [-0.2, 0) is 27.9 Å². The molecule has 0 saturated carbocycles. The first-order valence-electron chi connectivity index (χ1n) is 9.81. The van der Waals surface area contributed by atoms with Gasteiger partial charge in [0.1, 0.15) is 0 Å². The molecule has 0 unspecified atom stereocenters. The first kappa shape index (κ1) is 23.1. The van der Waals surface area contributed by atoms with Gasteiger partial charge in [0.05, 0.1) is 4.90 Å². The number of rotatable bonds is 10. The third-order valence-electron chi connectivity index (χ3n) is 4.74. The molecule has 0 aliphatic carbocycles. The van der Waals surface area contributed by atoms with Crippen LogP contribution in [0.5, 0.6) is 0 Å². The topological polar surface area (TPSA) is 78.5 Å². The monoisotopic (exact) mass is 417 g/mol. The molecule has 7 heteroatoms. The number of carbonyl (C=O) groups is 1. The van der Waals surface area contributed by atoms with E-state index in [-0.39, 0.29) is 23.8 Å². The normalized spacial score (nSPS) is 11.6. The van der Waals surface area contributed by atoms with Crippen LogP contribution >= 0.6 is 0 Å². The minimum absolute atomic E-state index is 0.0584. The summed E-state index contributed by atoms with van der Waals surface area (Å²) in [7, 11) is -1.56. The lowest BCUT2D eigenvalue weighted by Crippen LogP contribution is -2.31. The fraction of sp³-hybridized carbons (Fsp3) is 0.409. The van der Waals surface area contributed by atoms with Gasteiger partial charge < -0.3 is 10.2 Å². The van der Waals surface area contributed by atoms with Crippen LogP contribution in [0.1, 0.15) is 35.6 Å². The maximum atomic E-state index is 12.4. The van der Waals surface area contributed by atoms with Crippen LogP contribution in [0.25, 0.3) is 0 Å². The first-order chi connectivity index (χ1) is 13.7. The summed E-state index contributed by atoms with van der Waals surface area (Å²) in [4.78, 5) is 14.6. The van der Waals surface area contributed by atoms with Gasteiger partial charge in [-0.3, -0.25) is 4.79 Å². The molecule has 29 heavy (non-hydrogen) atoms. The van der Waals surface area contributed by atoms with Gasteiger partial charge in [-0.1, -0.05) is 48.9 Å². The molecule has 2 rings (SSSR count). The highest BCUT2D eigenvalue weighted by Gasteiger charge is 2.16. The quantitative estimate of drug-likeness (QED) is 0.623. The van der Waals surface area contributed by atoms with Crippen LogP contribution in [-0.4, -0.2) is 39.4 Å². The molecule has 158 valence electrons. The largest absolute Gasteiger partial charge is 0.352 e. The number of amides is 1. The average Bonchev–Trinajstić information content (AvgIpc) is 2.66. The van der Waals surface area contributed by atoms with E-state index in [4.69, 9.17) is 0 Å². The van der Waals surface area contributed by atoms with Crippen molar-refractivity contribution >= 4 is 15.9 Å². The van der Waals surface area contributed by atoms with Crippen molar-refractivity contribution in [2.24, 2.45) is 0 Å². The standard InChI is InChI=1S/C22H31N3O3S/c1-5-25(4)16-20-8-6-7-19(14-20)15-23-22(26)11-12-24-29(27,28)21-10-9-17(2)13-18(21)3/h6-10,13-14,24H,5,11-12,15-16H2,1-4H3,(H,23,26). The zero-order chi connectivity index (χ0) is 21.4. The van der Waals surface area contributed by atoms with Crippen LogP contribution in [0.15, 0.2) is 47.4 Å². The summed E-state index contributed by atoms with van der Waals surface area (Å²) in [6, 6.07) is 13.3. The van der Waals surface area contributed by atoms with E-state index >= 15 is 0 Å². The number of sulfonamides is 1. The Morgan fingerprint density at radius 1 is 1.07 bits per heavy atom. The molecule has 0 saturated heterocycles. The Kier molecular flexibility index (Phi) is 8.37. The van der Waals surface area contributed by atoms with E-state index in [0.29, 0.717) is 12.1 Å². The average molecular weight is 418 g/mol. The highest BCUT2D eigenvalue weighted by molar-refractivity contribution is 7.89. The van der Waals surface area contributed by atoms with E-state index in [0.717, 1.165) is 24.2 Å². The lowest BCUT2D eigenvalue weighted by molar-refractivity contribution is -0.121. The maximum Gasteiger partial charge on any atom is 0.240 e. The Morgan fingerprint density at radius 3 is 2.48 bits per heavy atom. The molecular formula is C22H31N3O3S. The predicted molar refractivity (Wildman–Crippen MR) is 116 cm³/mol. The number of hydrogen-bond donors (Lipinski definition) is 2. The van der Waals surface area contributed by atoms with Crippen molar-refractivity contribution in [3.63, 3.8) is 0 Å². The van der Waals surface area contributed by atoms with Crippen molar-refractivity contribution in [1.29, 1.82) is 0 Å². The fourth-order valence-corrected chi connectivity index (χ4v) is 4.28. The molecule has 2 N–H and O–H groups in total. The van der Waals surface area contributed by atoms with E-state index in [1.807, 2.05) is 25.1 Å². The zero-order valence-electron chi connectivity index (χ0n) is 17.7. The highest BCUT2D eigenvalue weighted by atomic mass is 32.2. The Balaban J connectivity index is 1.82. The molecule has 0 bridgehead atoms. The first-order valence-corrected chi connectivity index (χ1v) is 11.3. The van der Waals surface area contributed by atoms with Crippen LogP contribution in [0.3, 0.4) is 0 Å². The predicted octanol–water partition coefficient (Wildman–Crippen LogP) is 2.74. The molecule has 0 aliphatic heterocycles. The molecule has 6 nitrogen and oxygen atoms in total. The molecule has 0 atom stereocenters. The number of benzene rings is 2. The van der Waals surface area contributed by atoms with Crippen molar-refractivity contribution in [3.8, 4) is 0 Å². The van der Waals surface area contributed by atoms with Crippen molar-refractivity contribution in [3.05, 3.63) is 64.7 Å². The molecule has 0 spiro atoms. The molecule has 0 aromatic heterocycles. The van der Waals surface area contributed by atoms with Gasteiger partial charge in [0.2, 0.25) is 15.9 Å². The van der Waals surface area contributed by atoms with E-state index < -0.39 is 10.0 Å². The van der Waals surface area contributed by atoms with Crippen molar-refractivity contribution in [2.45, 2.75) is 45.2 Å². The second kappa shape index (κ2) is 10.5. The number of nitrogens with one attached hydrogen (secondary N) is 2. The van der Waals surface area contributed by atoms with Crippen LogP contribution < -0.4 is 10.0 Å². The van der Waals surface area contributed by atoms with Crippen LogP contribution in [0.2, 0.25) is 0 Å².